The zero-order chi connectivity index (χ0) is 25.0. The molecule has 1 saturated carbocycles. The van der Waals surface area contributed by atoms with Gasteiger partial charge in [-0.2, -0.15) is 13.2 Å². The maximum absolute atomic E-state index is 12.7. The average Bonchev–Trinajstić information content (AvgIpc) is 3.34. The molecular weight excluding hydrogens is 477 g/mol. The quantitative estimate of drug-likeness (QED) is 0.481. The monoisotopic (exact) mass is 496 g/mol. The molecule has 3 heterocycles. The zero-order valence-corrected chi connectivity index (χ0v) is 18.6. The molecule has 0 radical (unpaired) electrons. The lowest BCUT2D eigenvalue weighted by molar-refractivity contribution is -0.137. The van der Waals surface area contributed by atoms with Crippen molar-refractivity contribution in [2.75, 3.05) is 10.6 Å². The Balaban J connectivity index is 1.11. The molecule has 3 N–H and O–H groups in total. The minimum atomic E-state index is -4.44. The number of amides is 3. The van der Waals surface area contributed by atoms with Crippen LogP contribution in [0.4, 0.5) is 29.5 Å². The van der Waals surface area contributed by atoms with Crippen LogP contribution in [0.1, 0.15) is 29.0 Å². The van der Waals surface area contributed by atoms with Crippen molar-refractivity contribution in [3.8, 4) is 17.2 Å². The van der Waals surface area contributed by atoms with Crippen LogP contribution >= 0.6 is 0 Å². The minimum Gasteiger partial charge on any atom is -0.487 e. The Labute approximate surface area is 202 Å². The van der Waals surface area contributed by atoms with E-state index in [0.29, 0.717) is 35.9 Å². The molecule has 3 aliphatic rings. The maximum Gasteiger partial charge on any atom is 0.416 e. The van der Waals surface area contributed by atoms with Gasteiger partial charge in [0.2, 0.25) is 5.91 Å². The van der Waals surface area contributed by atoms with Crippen LogP contribution in [0.5, 0.6) is 17.2 Å². The summed E-state index contributed by atoms with van der Waals surface area (Å²) in [5, 5.41) is 8.11. The lowest BCUT2D eigenvalue weighted by Crippen LogP contribution is -2.34. The van der Waals surface area contributed by atoms with Crippen molar-refractivity contribution in [1.82, 2.24) is 10.3 Å². The summed E-state index contributed by atoms with van der Waals surface area (Å²) in [5.74, 6) is 2.26. The second kappa shape index (κ2) is 8.14. The third-order valence-corrected chi connectivity index (χ3v) is 6.43. The van der Waals surface area contributed by atoms with E-state index < -0.39 is 17.8 Å². The fraction of sp³-hybridized carbons (Fsp3) is 0.240. The van der Waals surface area contributed by atoms with Crippen LogP contribution < -0.4 is 25.4 Å². The number of aromatic nitrogens is 1. The molecule has 3 amide bonds. The van der Waals surface area contributed by atoms with Gasteiger partial charge in [-0.3, -0.25) is 4.79 Å². The lowest BCUT2D eigenvalue weighted by atomic mass is 10.1. The van der Waals surface area contributed by atoms with Crippen molar-refractivity contribution in [3.05, 3.63) is 71.4 Å². The predicted octanol–water partition coefficient (Wildman–Crippen LogP) is 4.83. The molecule has 36 heavy (non-hydrogen) atoms. The van der Waals surface area contributed by atoms with E-state index in [0.717, 1.165) is 23.3 Å². The Hall–Kier alpha value is -4.28. The molecule has 1 fully saturated rings. The normalized spacial score (nSPS) is 21.3. The summed E-state index contributed by atoms with van der Waals surface area (Å²) in [6.45, 7) is 0. The van der Waals surface area contributed by atoms with Gasteiger partial charge in [-0.05, 0) is 55.0 Å². The fourth-order valence-corrected chi connectivity index (χ4v) is 4.62. The highest BCUT2D eigenvalue weighted by Crippen LogP contribution is 2.54. The molecule has 8 nitrogen and oxygen atoms in total. The number of ether oxygens (including phenoxy) is 2. The smallest absolute Gasteiger partial charge is 0.416 e. The summed E-state index contributed by atoms with van der Waals surface area (Å²) in [6, 6.07) is 10.6. The molecule has 1 aromatic heterocycles. The number of hydrogen-bond acceptors (Lipinski definition) is 5. The maximum atomic E-state index is 12.7. The molecule has 3 aromatic rings. The lowest BCUT2D eigenvalue weighted by Gasteiger charge is -2.19. The molecular formula is C25H19F3N4O4. The Kier molecular flexibility index (Phi) is 5.02. The summed E-state index contributed by atoms with van der Waals surface area (Å²) in [6.07, 6.45) is -2.20. The van der Waals surface area contributed by atoms with Crippen molar-refractivity contribution < 1.29 is 32.2 Å². The number of urea groups is 1. The van der Waals surface area contributed by atoms with E-state index in [4.69, 9.17) is 9.47 Å². The van der Waals surface area contributed by atoms with Gasteiger partial charge in [-0.15, -0.1) is 0 Å². The second-order valence-corrected chi connectivity index (χ2v) is 8.79. The first-order valence-electron chi connectivity index (χ1n) is 11.3. The minimum absolute atomic E-state index is 0.0625. The number of nitrogens with zero attached hydrogens (tertiary/aromatic N) is 1. The van der Waals surface area contributed by atoms with Gasteiger partial charge < -0.3 is 25.4 Å². The molecule has 0 saturated heterocycles. The highest BCUT2D eigenvalue weighted by molar-refractivity contribution is 5.93. The van der Waals surface area contributed by atoms with Gasteiger partial charge in [0.05, 0.1) is 17.5 Å². The fourth-order valence-electron chi connectivity index (χ4n) is 4.62. The van der Waals surface area contributed by atoms with Crippen LogP contribution in [0.2, 0.25) is 0 Å². The molecule has 3 atom stereocenters. The van der Waals surface area contributed by atoms with E-state index in [9.17, 15) is 22.8 Å². The summed E-state index contributed by atoms with van der Waals surface area (Å²) in [5.41, 5.74) is 1.19. The van der Waals surface area contributed by atoms with Crippen LogP contribution in [0.15, 0.2) is 54.7 Å². The van der Waals surface area contributed by atoms with Gasteiger partial charge in [0.15, 0.2) is 0 Å². The predicted molar refractivity (Wildman–Crippen MR) is 122 cm³/mol. The number of pyridine rings is 1. The highest BCUT2D eigenvalue weighted by Gasteiger charge is 2.59. The zero-order valence-electron chi connectivity index (χ0n) is 18.6. The molecule has 2 aromatic carbocycles. The van der Waals surface area contributed by atoms with Gasteiger partial charge in [-0.25, -0.2) is 9.78 Å². The summed E-state index contributed by atoms with van der Waals surface area (Å²) < 4.78 is 50.2. The molecule has 0 spiro atoms. The van der Waals surface area contributed by atoms with E-state index in [1.807, 2.05) is 12.1 Å². The Bertz CT molecular complexity index is 1380. The van der Waals surface area contributed by atoms with E-state index >= 15 is 0 Å². The van der Waals surface area contributed by atoms with Gasteiger partial charge in [0, 0.05) is 29.4 Å². The van der Waals surface area contributed by atoms with Gasteiger partial charge >= 0.3 is 12.2 Å². The number of carbonyl (C=O) groups excluding carboxylic acids is 2. The van der Waals surface area contributed by atoms with E-state index in [2.05, 4.69) is 20.9 Å². The van der Waals surface area contributed by atoms with Crippen LogP contribution in [-0.4, -0.2) is 29.1 Å². The van der Waals surface area contributed by atoms with Crippen molar-refractivity contribution in [1.29, 1.82) is 0 Å². The number of nitrogens with one attached hydrogen (secondary N) is 3. The summed E-state index contributed by atoms with van der Waals surface area (Å²) in [7, 11) is 0. The van der Waals surface area contributed by atoms with Crippen LogP contribution in [0.25, 0.3) is 0 Å². The van der Waals surface area contributed by atoms with Crippen molar-refractivity contribution in [2.45, 2.75) is 37.1 Å². The number of alkyl halides is 3. The van der Waals surface area contributed by atoms with Gasteiger partial charge in [0.1, 0.15) is 29.2 Å². The number of rotatable bonds is 4. The summed E-state index contributed by atoms with van der Waals surface area (Å²) in [4.78, 5) is 28.2. The molecule has 1 unspecified atom stereocenters. The standard InChI is InChI=1S/C25H19F3N4O4/c26-25(27,28)12-1-3-13(4-2-12)30-24(34)32-21-20-16-11-14(5-7-17(16)36-22(20)21)35-18-9-10-29-23-15(18)6-8-19(33)31-23/h1-5,7,9-11,20-22H,6,8H2,(H,29,31,33)(H2,30,32,34)/t20-,21?,22-/m0/s1. The van der Waals surface area contributed by atoms with E-state index in [-0.39, 0.29) is 29.7 Å². The van der Waals surface area contributed by atoms with Crippen LogP contribution in [0, 0.1) is 0 Å². The number of fused-ring (bicyclic) bond motifs is 4. The van der Waals surface area contributed by atoms with Gasteiger partial charge in [0.25, 0.3) is 0 Å². The number of benzene rings is 2. The second-order valence-electron chi connectivity index (χ2n) is 8.79. The largest absolute Gasteiger partial charge is 0.487 e. The summed E-state index contributed by atoms with van der Waals surface area (Å²) >= 11 is 0. The van der Waals surface area contributed by atoms with Crippen molar-refractivity contribution in [2.24, 2.45) is 0 Å². The van der Waals surface area contributed by atoms with Crippen molar-refractivity contribution in [3.63, 3.8) is 0 Å². The molecule has 1 aliphatic carbocycles. The third-order valence-electron chi connectivity index (χ3n) is 6.43. The first-order chi connectivity index (χ1) is 17.3. The SMILES string of the molecule is O=C1CCc2c(Oc3ccc4c(c3)[C@H]3C(NC(=O)Nc5ccc(C(F)(F)F)cc5)[C@H]3O4)ccnc2N1. The number of carbonyl (C=O) groups is 2. The Morgan fingerprint density at radius 3 is 2.69 bits per heavy atom. The average molecular weight is 496 g/mol. The third kappa shape index (κ3) is 4.06. The first-order valence-corrected chi connectivity index (χ1v) is 11.3. The molecule has 11 heteroatoms. The molecule has 184 valence electrons. The van der Waals surface area contributed by atoms with Crippen LogP contribution in [0.3, 0.4) is 0 Å². The molecule has 0 bridgehead atoms. The van der Waals surface area contributed by atoms with Crippen molar-refractivity contribution >= 4 is 23.4 Å². The number of halogens is 3. The van der Waals surface area contributed by atoms with Gasteiger partial charge in [-0.1, -0.05) is 0 Å². The topological polar surface area (TPSA) is 102 Å². The van der Waals surface area contributed by atoms with E-state index in [1.54, 1.807) is 18.3 Å². The number of hydrogen-bond donors (Lipinski definition) is 3. The number of anilines is 2. The molecule has 6 rings (SSSR count). The van der Waals surface area contributed by atoms with Crippen LogP contribution in [-0.2, 0) is 17.4 Å². The Morgan fingerprint density at radius 2 is 1.92 bits per heavy atom. The first kappa shape index (κ1) is 22.2. The molecule has 2 aliphatic heterocycles. The van der Waals surface area contributed by atoms with E-state index in [1.165, 1.54) is 12.1 Å². The highest BCUT2D eigenvalue weighted by atomic mass is 19.4. The Morgan fingerprint density at radius 1 is 1.11 bits per heavy atom.